The molecule has 1 aliphatic heterocycles. The number of nitrogens with one attached hydrogen (secondary N) is 1. The van der Waals surface area contributed by atoms with E-state index in [0.717, 1.165) is 12.1 Å². The molecule has 3 amide bonds. The van der Waals surface area contributed by atoms with Gasteiger partial charge in [0.15, 0.2) is 0 Å². The quantitative estimate of drug-likeness (QED) is 0.746. The standard InChI is InChI=1S/C16H27N3O3/c1-6-11(3)18-14(21)12-8-19(15(22)13(17)20)9-16(4,5)7-10(12)2/h6,10,12H,7-9H2,1-5H3,(H2,17,20)(H,18,21)/b11-6+. The summed E-state index contributed by atoms with van der Waals surface area (Å²) in [6.07, 6.45) is 2.61. The van der Waals surface area contributed by atoms with Crippen molar-refractivity contribution in [3.05, 3.63) is 11.8 Å². The maximum absolute atomic E-state index is 12.5. The van der Waals surface area contributed by atoms with Crippen LogP contribution in [0.4, 0.5) is 0 Å². The van der Waals surface area contributed by atoms with E-state index in [2.05, 4.69) is 5.32 Å². The van der Waals surface area contributed by atoms with Crippen molar-refractivity contribution in [1.82, 2.24) is 10.2 Å². The van der Waals surface area contributed by atoms with E-state index >= 15 is 0 Å². The van der Waals surface area contributed by atoms with Crippen LogP contribution in [0.25, 0.3) is 0 Å². The first-order valence-corrected chi connectivity index (χ1v) is 7.60. The zero-order valence-corrected chi connectivity index (χ0v) is 14.1. The monoisotopic (exact) mass is 309 g/mol. The van der Waals surface area contributed by atoms with E-state index in [4.69, 9.17) is 5.73 Å². The summed E-state index contributed by atoms with van der Waals surface area (Å²) in [6.45, 7) is 10.4. The Labute approximate surface area is 132 Å². The van der Waals surface area contributed by atoms with Crippen molar-refractivity contribution in [3.63, 3.8) is 0 Å². The first-order chi connectivity index (χ1) is 10.1. The fraction of sp³-hybridized carbons (Fsp3) is 0.688. The number of primary amides is 1. The fourth-order valence-corrected chi connectivity index (χ4v) is 3.09. The van der Waals surface area contributed by atoms with Gasteiger partial charge in [-0.05, 0) is 31.6 Å². The van der Waals surface area contributed by atoms with Crippen LogP contribution < -0.4 is 11.1 Å². The van der Waals surface area contributed by atoms with Gasteiger partial charge in [-0.3, -0.25) is 14.4 Å². The summed E-state index contributed by atoms with van der Waals surface area (Å²) in [4.78, 5) is 37.1. The van der Waals surface area contributed by atoms with Crippen molar-refractivity contribution in [3.8, 4) is 0 Å². The van der Waals surface area contributed by atoms with Crippen LogP contribution in [0, 0.1) is 17.3 Å². The Kier molecular flexibility index (Phi) is 5.74. The van der Waals surface area contributed by atoms with E-state index in [1.165, 1.54) is 4.90 Å². The number of carbonyl (C=O) groups is 3. The Morgan fingerprint density at radius 2 is 1.91 bits per heavy atom. The summed E-state index contributed by atoms with van der Waals surface area (Å²) in [5, 5.41) is 2.84. The third-order valence-electron chi connectivity index (χ3n) is 4.19. The fourth-order valence-electron chi connectivity index (χ4n) is 3.09. The van der Waals surface area contributed by atoms with Crippen LogP contribution in [0.15, 0.2) is 11.8 Å². The lowest BCUT2D eigenvalue weighted by molar-refractivity contribution is -0.145. The smallest absolute Gasteiger partial charge is 0.311 e. The van der Waals surface area contributed by atoms with E-state index < -0.39 is 11.8 Å². The molecule has 2 atom stereocenters. The minimum atomic E-state index is -0.978. The third-order valence-corrected chi connectivity index (χ3v) is 4.19. The van der Waals surface area contributed by atoms with Crippen LogP contribution >= 0.6 is 0 Å². The van der Waals surface area contributed by atoms with Crippen LogP contribution in [0.1, 0.15) is 41.0 Å². The number of likely N-dealkylation sites (tertiary alicyclic amines) is 1. The number of rotatable bonds is 2. The molecule has 3 N–H and O–H groups in total. The number of allylic oxidation sites excluding steroid dienone is 2. The molecule has 1 aliphatic rings. The molecule has 1 fully saturated rings. The number of hydrogen-bond acceptors (Lipinski definition) is 3. The number of nitrogens with zero attached hydrogens (tertiary/aromatic N) is 1. The Hall–Kier alpha value is -1.85. The molecule has 1 rings (SSSR count). The van der Waals surface area contributed by atoms with Crippen molar-refractivity contribution >= 4 is 17.7 Å². The minimum absolute atomic E-state index is 0.102. The van der Waals surface area contributed by atoms with Crippen molar-refractivity contribution in [1.29, 1.82) is 0 Å². The first kappa shape index (κ1) is 18.2. The molecule has 0 radical (unpaired) electrons. The second kappa shape index (κ2) is 6.94. The van der Waals surface area contributed by atoms with Crippen LogP contribution in [0.3, 0.4) is 0 Å². The van der Waals surface area contributed by atoms with Gasteiger partial charge < -0.3 is 16.0 Å². The van der Waals surface area contributed by atoms with Gasteiger partial charge in [0.05, 0.1) is 5.92 Å². The molecule has 0 bridgehead atoms. The summed E-state index contributed by atoms with van der Waals surface area (Å²) in [5.74, 6) is -2.08. The summed E-state index contributed by atoms with van der Waals surface area (Å²) in [5.41, 5.74) is 5.73. The van der Waals surface area contributed by atoms with E-state index in [0.29, 0.717) is 6.54 Å². The Balaban J connectivity index is 3.03. The molecule has 0 spiro atoms. The lowest BCUT2D eigenvalue weighted by Gasteiger charge is -2.29. The molecule has 1 saturated heterocycles. The van der Waals surface area contributed by atoms with E-state index in [1.807, 2.05) is 40.7 Å². The van der Waals surface area contributed by atoms with Gasteiger partial charge in [-0.25, -0.2) is 0 Å². The van der Waals surface area contributed by atoms with Gasteiger partial charge >= 0.3 is 11.8 Å². The highest BCUT2D eigenvalue weighted by Gasteiger charge is 2.39. The van der Waals surface area contributed by atoms with Crippen LogP contribution in [0.2, 0.25) is 0 Å². The van der Waals surface area contributed by atoms with E-state index in [-0.39, 0.29) is 29.7 Å². The van der Waals surface area contributed by atoms with E-state index in [9.17, 15) is 14.4 Å². The topological polar surface area (TPSA) is 92.5 Å². The highest BCUT2D eigenvalue weighted by molar-refractivity contribution is 6.34. The second-order valence-electron chi connectivity index (χ2n) is 6.96. The average Bonchev–Trinajstić information content (AvgIpc) is 2.52. The van der Waals surface area contributed by atoms with Gasteiger partial charge in [-0.2, -0.15) is 0 Å². The number of amides is 3. The van der Waals surface area contributed by atoms with Crippen molar-refractivity contribution in [2.45, 2.75) is 41.0 Å². The normalized spacial score (nSPS) is 25.3. The van der Waals surface area contributed by atoms with Crippen LogP contribution in [-0.4, -0.2) is 35.7 Å². The molecule has 124 valence electrons. The molecule has 6 heteroatoms. The molecular formula is C16H27N3O3. The summed E-state index contributed by atoms with van der Waals surface area (Å²) >= 11 is 0. The van der Waals surface area contributed by atoms with Gasteiger partial charge in [0.1, 0.15) is 0 Å². The highest BCUT2D eigenvalue weighted by Crippen LogP contribution is 2.34. The lowest BCUT2D eigenvalue weighted by atomic mass is 9.80. The van der Waals surface area contributed by atoms with E-state index in [1.54, 1.807) is 0 Å². The molecule has 1 heterocycles. The zero-order valence-electron chi connectivity index (χ0n) is 14.1. The summed E-state index contributed by atoms with van der Waals surface area (Å²) in [6, 6.07) is 0. The number of hydrogen-bond donors (Lipinski definition) is 2. The van der Waals surface area contributed by atoms with Gasteiger partial charge in [0.2, 0.25) is 5.91 Å². The summed E-state index contributed by atoms with van der Waals surface area (Å²) in [7, 11) is 0. The molecule has 0 aromatic rings. The largest absolute Gasteiger partial charge is 0.361 e. The van der Waals surface area contributed by atoms with Gasteiger partial charge in [-0.15, -0.1) is 0 Å². The van der Waals surface area contributed by atoms with Crippen LogP contribution in [-0.2, 0) is 14.4 Å². The molecular weight excluding hydrogens is 282 g/mol. The molecule has 0 saturated carbocycles. The van der Waals surface area contributed by atoms with Gasteiger partial charge in [0.25, 0.3) is 0 Å². The predicted octanol–water partition coefficient (Wildman–Crippen LogP) is 1.02. The Morgan fingerprint density at radius 1 is 1.32 bits per heavy atom. The molecule has 0 aromatic carbocycles. The first-order valence-electron chi connectivity index (χ1n) is 7.60. The molecule has 2 unspecified atom stereocenters. The van der Waals surface area contributed by atoms with Crippen molar-refractivity contribution in [2.75, 3.05) is 13.1 Å². The predicted molar refractivity (Wildman–Crippen MR) is 84.4 cm³/mol. The summed E-state index contributed by atoms with van der Waals surface area (Å²) < 4.78 is 0. The zero-order chi connectivity index (χ0) is 17.1. The average molecular weight is 309 g/mol. The minimum Gasteiger partial charge on any atom is -0.361 e. The lowest BCUT2D eigenvalue weighted by Crippen LogP contribution is -2.47. The molecule has 22 heavy (non-hydrogen) atoms. The highest BCUT2D eigenvalue weighted by atomic mass is 16.2. The van der Waals surface area contributed by atoms with Gasteiger partial charge in [0, 0.05) is 18.8 Å². The van der Waals surface area contributed by atoms with Crippen molar-refractivity contribution in [2.24, 2.45) is 23.0 Å². The second-order valence-corrected chi connectivity index (χ2v) is 6.96. The number of nitrogens with two attached hydrogens (primary N) is 1. The SMILES string of the molecule is C/C=C(\C)NC(=O)C1CN(C(=O)C(N)=O)CC(C)(C)CC1C. The van der Waals surface area contributed by atoms with Gasteiger partial charge in [-0.1, -0.05) is 26.8 Å². The molecule has 0 aliphatic carbocycles. The number of carbonyl (C=O) groups excluding carboxylic acids is 3. The maximum atomic E-state index is 12.5. The third kappa shape index (κ3) is 4.58. The Morgan fingerprint density at radius 3 is 2.41 bits per heavy atom. The molecule has 6 nitrogen and oxygen atoms in total. The Bertz CT molecular complexity index is 497. The maximum Gasteiger partial charge on any atom is 0.311 e. The van der Waals surface area contributed by atoms with Crippen molar-refractivity contribution < 1.29 is 14.4 Å². The molecule has 0 aromatic heterocycles. The van der Waals surface area contributed by atoms with Crippen LogP contribution in [0.5, 0.6) is 0 Å².